The molecule has 0 spiro atoms. The summed E-state index contributed by atoms with van der Waals surface area (Å²) in [4.78, 5) is 0. The average Bonchev–Trinajstić information content (AvgIpc) is 2.90. The molecule has 22 heavy (non-hydrogen) atoms. The number of nitrogens with zero attached hydrogens (tertiary/aromatic N) is 1. The highest BCUT2D eigenvalue weighted by Crippen LogP contribution is 2.27. The predicted molar refractivity (Wildman–Crippen MR) is 92.3 cm³/mol. The van der Waals surface area contributed by atoms with Crippen LogP contribution in [0.1, 0.15) is 17.7 Å². The Balaban J connectivity index is 1.52. The van der Waals surface area contributed by atoms with Gasteiger partial charge < -0.3 is 9.88 Å². The monoisotopic (exact) mass is 310 g/mol. The van der Waals surface area contributed by atoms with Gasteiger partial charge >= 0.3 is 0 Å². The molecule has 0 amide bonds. The summed E-state index contributed by atoms with van der Waals surface area (Å²) >= 11 is 6.11. The number of hydrogen-bond donors (Lipinski definition) is 1. The van der Waals surface area contributed by atoms with Gasteiger partial charge in [0, 0.05) is 40.8 Å². The maximum atomic E-state index is 6.11. The topological polar surface area (TPSA) is 17.0 Å². The molecule has 3 heteroatoms. The Hall–Kier alpha value is -1.77. The molecule has 3 aromatic rings. The van der Waals surface area contributed by atoms with Crippen LogP contribution in [0, 0.1) is 0 Å². The van der Waals surface area contributed by atoms with Crippen LogP contribution in [-0.4, -0.2) is 10.6 Å². The number of aryl methyl sites for hydroxylation is 1. The molecule has 4 rings (SSSR count). The maximum absolute atomic E-state index is 6.11. The van der Waals surface area contributed by atoms with Crippen LogP contribution in [-0.2, 0) is 19.5 Å². The Morgan fingerprint density at radius 3 is 2.82 bits per heavy atom. The Morgan fingerprint density at radius 1 is 1.09 bits per heavy atom. The van der Waals surface area contributed by atoms with E-state index >= 15 is 0 Å². The summed E-state index contributed by atoms with van der Waals surface area (Å²) in [5.74, 6) is 0. The molecule has 1 atom stereocenters. The van der Waals surface area contributed by atoms with Gasteiger partial charge in [0.2, 0.25) is 0 Å². The summed E-state index contributed by atoms with van der Waals surface area (Å²) in [5.41, 5.74) is 4.07. The second-order valence-electron chi connectivity index (χ2n) is 6.05. The largest absolute Gasteiger partial charge is 0.343 e. The molecular weight excluding hydrogens is 292 g/mol. The summed E-state index contributed by atoms with van der Waals surface area (Å²) in [6.07, 6.45) is 2.32. The van der Waals surface area contributed by atoms with Crippen LogP contribution >= 0.6 is 11.6 Å². The van der Waals surface area contributed by atoms with E-state index in [0.717, 1.165) is 24.5 Å². The number of rotatable bonds is 3. The molecule has 1 N–H and O–H groups in total. The van der Waals surface area contributed by atoms with E-state index in [-0.39, 0.29) is 0 Å². The second-order valence-corrected chi connectivity index (χ2v) is 6.49. The molecule has 2 nitrogen and oxygen atoms in total. The maximum Gasteiger partial charge on any atom is 0.0484 e. The van der Waals surface area contributed by atoms with Crippen molar-refractivity contribution in [1.29, 1.82) is 0 Å². The standard InChI is InChI=1S/C19H19ClN2/c20-16-6-9-19-15(10-16)11-18-8-7-17(13-22(18)19)21-12-14-4-2-1-3-5-14/h1-6,9-11,17,21H,7-8,12-13H2/t17-/m1/s1. The van der Waals surface area contributed by atoms with E-state index in [0.29, 0.717) is 6.04 Å². The van der Waals surface area contributed by atoms with Crippen molar-refractivity contribution in [3.05, 3.63) is 70.9 Å². The lowest BCUT2D eigenvalue weighted by atomic mass is 10.0. The van der Waals surface area contributed by atoms with Crippen LogP contribution in [0.5, 0.6) is 0 Å². The van der Waals surface area contributed by atoms with Gasteiger partial charge in [-0.25, -0.2) is 0 Å². The number of benzene rings is 2. The summed E-state index contributed by atoms with van der Waals surface area (Å²) in [5, 5.41) is 5.77. The van der Waals surface area contributed by atoms with Crippen molar-refractivity contribution in [3.8, 4) is 0 Å². The van der Waals surface area contributed by atoms with Gasteiger partial charge in [-0.3, -0.25) is 0 Å². The molecule has 112 valence electrons. The third-order valence-corrected chi connectivity index (χ3v) is 4.77. The Bertz CT molecular complexity index is 792. The molecule has 0 saturated heterocycles. The number of aromatic nitrogens is 1. The van der Waals surface area contributed by atoms with Gasteiger partial charge in [-0.05, 0) is 42.7 Å². The lowest BCUT2D eigenvalue weighted by molar-refractivity contribution is 0.389. The van der Waals surface area contributed by atoms with E-state index in [2.05, 4.69) is 58.4 Å². The van der Waals surface area contributed by atoms with Crippen LogP contribution < -0.4 is 5.32 Å². The first kappa shape index (κ1) is 13.9. The molecule has 0 bridgehead atoms. The van der Waals surface area contributed by atoms with E-state index in [4.69, 9.17) is 11.6 Å². The number of nitrogens with one attached hydrogen (secondary N) is 1. The highest BCUT2D eigenvalue weighted by Gasteiger charge is 2.20. The van der Waals surface area contributed by atoms with Gasteiger partial charge in [0.25, 0.3) is 0 Å². The third-order valence-electron chi connectivity index (χ3n) is 4.54. The second kappa shape index (κ2) is 5.79. The summed E-state index contributed by atoms with van der Waals surface area (Å²) in [6, 6.07) is 19.6. The fraction of sp³-hybridized carbons (Fsp3) is 0.263. The Kier molecular flexibility index (Phi) is 3.65. The Morgan fingerprint density at radius 2 is 1.95 bits per heavy atom. The zero-order valence-electron chi connectivity index (χ0n) is 12.4. The van der Waals surface area contributed by atoms with E-state index in [9.17, 15) is 0 Å². The fourth-order valence-corrected chi connectivity index (χ4v) is 3.56. The molecule has 0 unspecified atom stereocenters. The van der Waals surface area contributed by atoms with Crippen molar-refractivity contribution in [3.63, 3.8) is 0 Å². The van der Waals surface area contributed by atoms with E-state index < -0.39 is 0 Å². The van der Waals surface area contributed by atoms with Crippen molar-refractivity contribution in [2.24, 2.45) is 0 Å². The van der Waals surface area contributed by atoms with Crippen molar-refractivity contribution in [2.75, 3.05) is 0 Å². The molecule has 0 radical (unpaired) electrons. The molecule has 0 fully saturated rings. The van der Waals surface area contributed by atoms with E-state index in [1.807, 2.05) is 6.07 Å². The minimum Gasteiger partial charge on any atom is -0.343 e. The van der Waals surface area contributed by atoms with Gasteiger partial charge in [0.05, 0.1) is 0 Å². The zero-order valence-corrected chi connectivity index (χ0v) is 13.2. The van der Waals surface area contributed by atoms with Crippen LogP contribution in [0.3, 0.4) is 0 Å². The molecule has 1 aromatic heterocycles. The van der Waals surface area contributed by atoms with Gasteiger partial charge in [-0.1, -0.05) is 41.9 Å². The van der Waals surface area contributed by atoms with Crippen LogP contribution in [0.15, 0.2) is 54.6 Å². The Labute approximate surface area is 135 Å². The normalized spacial score (nSPS) is 17.6. The highest BCUT2D eigenvalue weighted by molar-refractivity contribution is 6.31. The molecular formula is C19H19ClN2. The molecule has 1 aliphatic heterocycles. The van der Waals surface area contributed by atoms with Crippen molar-refractivity contribution >= 4 is 22.5 Å². The summed E-state index contributed by atoms with van der Waals surface area (Å²) in [7, 11) is 0. The van der Waals surface area contributed by atoms with Gasteiger partial charge in [-0.2, -0.15) is 0 Å². The summed E-state index contributed by atoms with van der Waals surface area (Å²) in [6.45, 7) is 1.97. The zero-order chi connectivity index (χ0) is 14.9. The molecule has 0 aliphatic carbocycles. The van der Waals surface area contributed by atoms with Gasteiger partial charge in [0.1, 0.15) is 0 Å². The first-order valence-corrected chi connectivity index (χ1v) is 8.22. The minimum atomic E-state index is 0.527. The van der Waals surface area contributed by atoms with Gasteiger partial charge in [-0.15, -0.1) is 0 Å². The van der Waals surface area contributed by atoms with Crippen LogP contribution in [0.2, 0.25) is 5.02 Å². The SMILES string of the molecule is Clc1ccc2c(c1)cc1n2C[C@H](NCc2ccccc2)CC1. The number of fused-ring (bicyclic) bond motifs is 3. The van der Waals surface area contributed by atoms with Crippen LogP contribution in [0.25, 0.3) is 10.9 Å². The molecule has 2 heterocycles. The van der Waals surface area contributed by atoms with Crippen molar-refractivity contribution in [1.82, 2.24) is 9.88 Å². The number of halogens is 1. The molecule has 1 aliphatic rings. The smallest absolute Gasteiger partial charge is 0.0484 e. The number of hydrogen-bond acceptors (Lipinski definition) is 1. The molecule has 2 aromatic carbocycles. The quantitative estimate of drug-likeness (QED) is 0.758. The lowest BCUT2D eigenvalue weighted by Gasteiger charge is -2.26. The van der Waals surface area contributed by atoms with E-state index in [1.165, 1.54) is 28.6 Å². The summed E-state index contributed by atoms with van der Waals surface area (Å²) < 4.78 is 2.44. The fourth-order valence-electron chi connectivity index (χ4n) is 3.38. The lowest BCUT2D eigenvalue weighted by Crippen LogP contribution is -2.36. The third kappa shape index (κ3) is 2.65. The first-order chi connectivity index (χ1) is 10.8. The van der Waals surface area contributed by atoms with E-state index in [1.54, 1.807) is 0 Å². The average molecular weight is 311 g/mol. The predicted octanol–water partition coefficient (Wildman–Crippen LogP) is 4.40. The van der Waals surface area contributed by atoms with Crippen LogP contribution in [0.4, 0.5) is 0 Å². The van der Waals surface area contributed by atoms with Crippen molar-refractivity contribution in [2.45, 2.75) is 32.0 Å². The van der Waals surface area contributed by atoms with Gasteiger partial charge in [0.15, 0.2) is 0 Å². The minimum absolute atomic E-state index is 0.527. The first-order valence-electron chi connectivity index (χ1n) is 7.84. The highest BCUT2D eigenvalue weighted by atomic mass is 35.5. The van der Waals surface area contributed by atoms with Crippen molar-refractivity contribution < 1.29 is 0 Å². The molecule has 0 saturated carbocycles.